The van der Waals surface area contributed by atoms with Crippen LogP contribution < -0.4 is 10.6 Å². The van der Waals surface area contributed by atoms with E-state index in [0.717, 1.165) is 38.7 Å². The molecule has 0 fully saturated rings. The number of rotatable bonds is 9. The van der Waals surface area contributed by atoms with E-state index >= 15 is 0 Å². The van der Waals surface area contributed by atoms with Gasteiger partial charge in [0.2, 0.25) is 0 Å². The van der Waals surface area contributed by atoms with Crippen LogP contribution in [0.15, 0.2) is 35.3 Å². The highest BCUT2D eigenvalue weighted by molar-refractivity contribution is 14.0. The zero-order chi connectivity index (χ0) is 16.2. The van der Waals surface area contributed by atoms with Crippen LogP contribution in [0.4, 0.5) is 0 Å². The van der Waals surface area contributed by atoms with Gasteiger partial charge in [0.1, 0.15) is 0 Å². The van der Waals surface area contributed by atoms with Crippen LogP contribution in [0.5, 0.6) is 0 Å². The van der Waals surface area contributed by atoms with Gasteiger partial charge in [0.25, 0.3) is 0 Å². The molecule has 1 rings (SSSR count). The van der Waals surface area contributed by atoms with Crippen LogP contribution in [0.25, 0.3) is 0 Å². The van der Waals surface area contributed by atoms with Gasteiger partial charge in [-0.3, -0.25) is 4.99 Å². The van der Waals surface area contributed by atoms with Crippen LogP contribution in [0.3, 0.4) is 0 Å². The first-order valence-corrected chi connectivity index (χ1v) is 8.31. The van der Waals surface area contributed by atoms with Gasteiger partial charge in [0.15, 0.2) is 5.96 Å². The Labute approximate surface area is 158 Å². The molecule has 0 saturated heterocycles. The molecule has 0 saturated carbocycles. The van der Waals surface area contributed by atoms with Crippen LogP contribution >= 0.6 is 24.0 Å². The van der Waals surface area contributed by atoms with Crippen molar-refractivity contribution < 1.29 is 4.74 Å². The van der Waals surface area contributed by atoms with Crippen molar-refractivity contribution in [2.75, 3.05) is 26.3 Å². The maximum atomic E-state index is 5.58. The molecule has 2 N–H and O–H groups in total. The molecular weight excluding hydrogens is 401 g/mol. The van der Waals surface area contributed by atoms with Gasteiger partial charge in [-0.05, 0) is 31.7 Å². The lowest BCUT2D eigenvalue weighted by Crippen LogP contribution is -2.38. The van der Waals surface area contributed by atoms with Gasteiger partial charge in [-0.2, -0.15) is 0 Å². The second-order valence-electron chi connectivity index (χ2n) is 5.86. The van der Waals surface area contributed by atoms with Crippen molar-refractivity contribution >= 4 is 29.9 Å². The number of guanidine groups is 1. The summed E-state index contributed by atoms with van der Waals surface area (Å²) in [6, 6.07) is 10.6. The van der Waals surface area contributed by atoms with E-state index in [1.807, 2.05) is 6.07 Å². The molecule has 0 radical (unpaired) electrons. The van der Waals surface area contributed by atoms with Crippen molar-refractivity contribution in [3.8, 4) is 0 Å². The molecule has 1 unspecified atom stereocenters. The summed E-state index contributed by atoms with van der Waals surface area (Å²) in [6.07, 6.45) is 0.947. The summed E-state index contributed by atoms with van der Waals surface area (Å²) in [7, 11) is 0. The minimum atomic E-state index is 0. The van der Waals surface area contributed by atoms with Crippen LogP contribution in [-0.2, 0) is 4.74 Å². The molecule has 0 amide bonds. The fourth-order valence-corrected chi connectivity index (χ4v) is 2.03. The van der Waals surface area contributed by atoms with E-state index in [1.54, 1.807) is 0 Å². The van der Waals surface area contributed by atoms with Crippen molar-refractivity contribution in [1.29, 1.82) is 0 Å². The number of halogens is 1. The van der Waals surface area contributed by atoms with Crippen molar-refractivity contribution in [1.82, 2.24) is 10.6 Å². The highest BCUT2D eigenvalue weighted by Gasteiger charge is 2.06. The largest absolute Gasteiger partial charge is 0.381 e. The van der Waals surface area contributed by atoms with Gasteiger partial charge in [0.05, 0.1) is 6.04 Å². The van der Waals surface area contributed by atoms with Gasteiger partial charge < -0.3 is 15.4 Å². The number of benzene rings is 1. The lowest BCUT2D eigenvalue weighted by atomic mass is 10.1. The summed E-state index contributed by atoms with van der Waals surface area (Å²) in [5.74, 6) is 1.46. The predicted octanol–water partition coefficient (Wildman–Crippen LogP) is 3.98. The maximum Gasteiger partial charge on any atom is 0.191 e. The molecule has 4 nitrogen and oxygen atoms in total. The summed E-state index contributed by atoms with van der Waals surface area (Å²) in [5, 5.41) is 6.73. The Kier molecular flexibility index (Phi) is 13.1. The molecule has 1 aromatic rings. The van der Waals surface area contributed by atoms with E-state index < -0.39 is 0 Å². The van der Waals surface area contributed by atoms with Gasteiger partial charge in [-0.25, -0.2) is 0 Å². The molecular formula is C18H32IN3O. The highest BCUT2D eigenvalue weighted by Crippen LogP contribution is 2.10. The second kappa shape index (κ2) is 13.6. The smallest absolute Gasteiger partial charge is 0.191 e. The topological polar surface area (TPSA) is 45.7 Å². The van der Waals surface area contributed by atoms with E-state index in [1.165, 1.54) is 5.56 Å². The van der Waals surface area contributed by atoms with Gasteiger partial charge in [-0.1, -0.05) is 44.2 Å². The summed E-state index contributed by atoms with van der Waals surface area (Å²) in [5.41, 5.74) is 1.26. The average molecular weight is 433 g/mol. The van der Waals surface area contributed by atoms with Crippen molar-refractivity contribution in [2.24, 2.45) is 10.9 Å². The molecule has 0 aliphatic rings. The molecule has 0 aliphatic carbocycles. The fraction of sp³-hybridized carbons (Fsp3) is 0.611. The van der Waals surface area contributed by atoms with Crippen LogP contribution in [0.1, 0.15) is 45.7 Å². The van der Waals surface area contributed by atoms with E-state index in [-0.39, 0.29) is 30.0 Å². The number of ether oxygens (including phenoxy) is 1. The van der Waals surface area contributed by atoms with Crippen molar-refractivity contribution in [3.63, 3.8) is 0 Å². The molecule has 5 heteroatoms. The lowest BCUT2D eigenvalue weighted by Gasteiger charge is -2.18. The molecule has 0 spiro atoms. The monoisotopic (exact) mass is 433 g/mol. The Morgan fingerprint density at radius 3 is 2.48 bits per heavy atom. The predicted molar refractivity (Wildman–Crippen MR) is 110 cm³/mol. The Balaban J connectivity index is 0.00000484. The molecule has 0 aromatic heterocycles. The minimum Gasteiger partial charge on any atom is -0.381 e. The Bertz CT molecular complexity index is 424. The third-order valence-electron chi connectivity index (χ3n) is 3.16. The molecule has 0 bridgehead atoms. The summed E-state index contributed by atoms with van der Waals surface area (Å²) in [4.78, 5) is 4.61. The molecule has 0 aliphatic heterocycles. The van der Waals surface area contributed by atoms with Crippen molar-refractivity contribution in [2.45, 2.75) is 40.2 Å². The normalized spacial score (nSPS) is 12.7. The first-order chi connectivity index (χ1) is 10.6. The zero-order valence-corrected chi connectivity index (χ0v) is 17.2. The molecule has 23 heavy (non-hydrogen) atoms. The average Bonchev–Trinajstić information content (AvgIpc) is 2.51. The summed E-state index contributed by atoms with van der Waals surface area (Å²) < 4.78 is 5.58. The van der Waals surface area contributed by atoms with Crippen molar-refractivity contribution in [3.05, 3.63) is 35.9 Å². The fourth-order valence-electron chi connectivity index (χ4n) is 2.03. The highest BCUT2D eigenvalue weighted by atomic mass is 127. The molecule has 0 heterocycles. The maximum absolute atomic E-state index is 5.58. The van der Waals surface area contributed by atoms with Crippen LogP contribution in [0.2, 0.25) is 0 Å². The summed E-state index contributed by atoms with van der Waals surface area (Å²) in [6.45, 7) is 11.8. The number of aliphatic imine (C=N–C) groups is 1. The third-order valence-corrected chi connectivity index (χ3v) is 3.16. The van der Waals surface area contributed by atoms with E-state index in [4.69, 9.17) is 4.74 Å². The first kappa shape index (κ1) is 22.2. The SMILES string of the molecule is CCNC(=NCCCOCC(C)C)NC(C)c1ccccc1.I. The van der Waals surface area contributed by atoms with Crippen LogP contribution in [0, 0.1) is 5.92 Å². The standard InChI is InChI=1S/C18H31N3O.HI/c1-5-19-18(20-12-9-13-22-14-15(2)3)21-16(4)17-10-7-6-8-11-17;/h6-8,10-11,15-16H,5,9,12-14H2,1-4H3,(H2,19,20,21);1H. The number of nitrogens with zero attached hydrogens (tertiary/aromatic N) is 1. The molecule has 1 atom stereocenters. The van der Waals surface area contributed by atoms with E-state index in [2.05, 4.69) is 67.6 Å². The second-order valence-corrected chi connectivity index (χ2v) is 5.86. The molecule has 132 valence electrons. The van der Waals surface area contributed by atoms with Gasteiger partial charge in [-0.15, -0.1) is 24.0 Å². The minimum absolute atomic E-state index is 0. The quantitative estimate of drug-likeness (QED) is 0.268. The number of hydrogen-bond acceptors (Lipinski definition) is 2. The van der Waals surface area contributed by atoms with E-state index in [9.17, 15) is 0 Å². The van der Waals surface area contributed by atoms with E-state index in [0.29, 0.717) is 5.92 Å². The Morgan fingerprint density at radius 1 is 1.17 bits per heavy atom. The Morgan fingerprint density at radius 2 is 1.87 bits per heavy atom. The Hall–Kier alpha value is -0.820. The zero-order valence-electron chi connectivity index (χ0n) is 14.8. The van der Waals surface area contributed by atoms with Gasteiger partial charge in [0, 0.05) is 26.3 Å². The summed E-state index contributed by atoms with van der Waals surface area (Å²) >= 11 is 0. The lowest BCUT2D eigenvalue weighted by molar-refractivity contribution is 0.109. The number of hydrogen-bond donors (Lipinski definition) is 2. The van der Waals surface area contributed by atoms with Crippen LogP contribution in [-0.4, -0.2) is 32.3 Å². The first-order valence-electron chi connectivity index (χ1n) is 8.31. The number of nitrogens with one attached hydrogen (secondary N) is 2. The third kappa shape index (κ3) is 10.5. The van der Waals surface area contributed by atoms with Gasteiger partial charge >= 0.3 is 0 Å². The molecule has 1 aromatic carbocycles.